The van der Waals surface area contributed by atoms with Crippen LogP contribution in [-0.4, -0.2) is 23.8 Å². The Bertz CT molecular complexity index is 365. The summed E-state index contributed by atoms with van der Waals surface area (Å²) < 4.78 is 5.02. The molecule has 0 aliphatic heterocycles. The lowest BCUT2D eigenvalue weighted by Crippen LogP contribution is -2.27. The molecule has 1 aromatic rings. The molecule has 0 saturated carbocycles. The zero-order valence-electron chi connectivity index (χ0n) is 10.3. The Balaban J connectivity index is 2.13. The number of ether oxygens (including phenoxy) is 1. The fourth-order valence-electron chi connectivity index (χ4n) is 1.43. The largest absolute Gasteiger partial charge is 0.445 e. The first kappa shape index (κ1) is 14.3. The summed E-state index contributed by atoms with van der Waals surface area (Å²) in [7, 11) is 0. The van der Waals surface area contributed by atoms with Crippen molar-refractivity contribution in [3.63, 3.8) is 0 Å². The Morgan fingerprint density at radius 3 is 2.83 bits per heavy atom. The normalized spacial score (nSPS) is 11.6. The minimum absolute atomic E-state index is 0.252. The molecule has 98 valence electrons. The number of hydrogen-bond donors (Lipinski definition) is 2. The molecule has 0 saturated heterocycles. The minimum atomic E-state index is -0.468. The number of carbonyl (C=O) groups excluding carboxylic acids is 1. The average Bonchev–Trinajstić information content (AvgIpc) is 2.38. The SMILES string of the molecule is C=CC[C@H](O)CCNC(=O)OCc1ccccc1. The number of carbonyl (C=O) groups is 1. The van der Waals surface area contributed by atoms with Gasteiger partial charge in [0, 0.05) is 6.54 Å². The number of hydrogen-bond acceptors (Lipinski definition) is 3. The summed E-state index contributed by atoms with van der Waals surface area (Å²) in [5.41, 5.74) is 0.944. The quantitative estimate of drug-likeness (QED) is 0.729. The number of amides is 1. The van der Waals surface area contributed by atoms with E-state index < -0.39 is 12.2 Å². The molecule has 18 heavy (non-hydrogen) atoms. The van der Waals surface area contributed by atoms with Crippen molar-refractivity contribution in [3.05, 3.63) is 48.6 Å². The summed E-state index contributed by atoms with van der Waals surface area (Å²) in [5.74, 6) is 0. The van der Waals surface area contributed by atoms with Gasteiger partial charge in [0.15, 0.2) is 0 Å². The topological polar surface area (TPSA) is 58.6 Å². The van der Waals surface area contributed by atoms with Crippen molar-refractivity contribution >= 4 is 6.09 Å². The predicted octanol–water partition coefficient (Wildman–Crippen LogP) is 2.24. The minimum Gasteiger partial charge on any atom is -0.445 e. The van der Waals surface area contributed by atoms with E-state index >= 15 is 0 Å². The van der Waals surface area contributed by atoms with E-state index in [-0.39, 0.29) is 6.61 Å². The lowest BCUT2D eigenvalue weighted by Gasteiger charge is -2.09. The standard InChI is InChI=1S/C14H19NO3/c1-2-6-13(16)9-10-15-14(17)18-11-12-7-4-3-5-8-12/h2-5,7-8,13,16H,1,6,9-11H2,(H,15,17)/t13-/m0/s1. The fourth-order valence-corrected chi connectivity index (χ4v) is 1.43. The van der Waals surface area contributed by atoms with E-state index in [2.05, 4.69) is 11.9 Å². The van der Waals surface area contributed by atoms with Crippen molar-refractivity contribution in [1.82, 2.24) is 5.32 Å². The van der Waals surface area contributed by atoms with Crippen molar-refractivity contribution in [2.24, 2.45) is 0 Å². The number of nitrogens with one attached hydrogen (secondary N) is 1. The Kier molecular flexibility index (Phi) is 6.58. The van der Waals surface area contributed by atoms with E-state index in [9.17, 15) is 9.90 Å². The van der Waals surface area contributed by atoms with Crippen LogP contribution in [-0.2, 0) is 11.3 Å². The first-order valence-corrected chi connectivity index (χ1v) is 5.96. The second-order valence-electron chi connectivity index (χ2n) is 3.96. The van der Waals surface area contributed by atoms with E-state index in [0.29, 0.717) is 19.4 Å². The average molecular weight is 249 g/mol. The van der Waals surface area contributed by atoms with Crippen molar-refractivity contribution in [2.45, 2.75) is 25.6 Å². The van der Waals surface area contributed by atoms with Gasteiger partial charge in [-0.05, 0) is 18.4 Å². The van der Waals surface area contributed by atoms with Gasteiger partial charge in [0.25, 0.3) is 0 Å². The molecular formula is C14H19NO3. The maximum atomic E-state index is 11.3. The van der Waals surface area contributed by atoms with E-state index in [1.54, 1.807) is 6.08 Å². The summed E-state index contributed by atoms with van der Waals surface area (Å²) in [5, 5.41) is 12.0. The number of aliphatic hydroxyl groups is 1. The van der Waals surface area contributed by atoms with Crippen LogP contribution in [0.1, 0.15) is 18.4 Å². The van der Waals surface area contributed by atoms with Crippen LogP contribution in [0.25, 0.3) is 0 Å². The third-order valence-corrected chi connectivity index (χ3v) is 2.40. The van der Waals surface area contributed by atoms with Gasteiger partial charge < -0.3 is 15.2 Å². The van der Waals surface area contributed by atoms with Crippen LogP contribution in [0, 0.1) is 0 Å². The van der Waals surface area contributed by atoms with Gasteiger partial charge in [-0.15, -0.1) is 6.58 Å². The number of rotatable bonds is 7. The van der Waals surface area contributed by atoms with Gasteiger partial charge in [0.05, 0.1) is 6.10 Å². The predicted molar refractivity (Wildman–Crippen MR) is 70.1 cm³/mol. The van der Waals surface area contributed by atoms with E-state index in [4.69, 9.17) is 4.74 Å². The van der Waals surface area contributed by atoms with Crippen molar-refractivity contribution in [2.75, 3.05) is 6.54 Å². The first-order valence-electron chi connectivity index (χ1n) is 5.96. The molecule has 1 amide bonds. The highest BCUT2D eigenvalue weighted by atomic mass is 16.5. The van der Waals surface area contributed by atoms with Gasteiger partial charge >= 0.3 is 6.09 Å². The molecule has 0 spiro atoms. The Morgan fingerprint density at radius 1 is 1.44 bits per heavy atom. The molecule has 4 heteroatoms. The zero-order chi connectivity index (χ0) is 13.2. The van der Waals surface area contributed by atoms with Crippen molar-refractivity contribution in [1.29, 1.82) is 0 Å². The molecule has 1 rings (SSSR count). The summed E-state index contributed by atoms with van der Waals surface area (Å²) in [6.45, 7) is 4.18. The zero-order valence-corrected chi connectivity index (χ0v) is 10.3. The van der Waals surface area contributed by atoms with Crippen LogP contribution in [0.2, 0.25) is 0 Å². The maximum Gasteiger partial charge on any atom is 0.407 e. The Morgan fingerprint density at radius 2 is 2.17 bits per heavy atom. The number of benzene rings is 1. The smallest absolute Gasteiger partial charge is 0.407 e. The van der Waals surface area contributed by atoms with Gasteiger partial charge in [-0.25, -0.2) is 4.79 Å². The molecule has 0 unspecified atom stereocenters. The second-order valence-corrected chi connectivity index (χ2v) is 3.96. The van der Waals surface area contributed by atoms with E-state index in [1.165, 1.54) is 0 Å². The molecule has 2 N–H and O–H groups in total. The van der Waals surface area contributed by atoms with E-state index in [0.717, 1.165) is 5.56 Å². The lowest BCUT2D eigenvalue weighted by molar-refractivity contribution is 0.134. The molecular weight excluding hydrogens is 230 g/mol. The van der Waals surface area contributed by atoms with Crippen LogP contribution in [0.4, 0.5) is 4.79 Å². The lowest BCUT2D eigenvalue weighted by atomic mass is 10.2. The summed E-state index contributed by atoms with van der Waals surface area (Å²) in [6, 6.07) is 9.47. The molecule has 4 nitrogen and oxygen atoms in total. The van der Waals surface area contributed by atoms with Gasteiger partial charge in [-0.3, -0.25) is 0 Å². The maximum absolute atomic E-state index is 11.3. The van der Waals surface area contributed by atoms with Crippen LogP contribution < -0.4 is 5.32 Å². The van der Waals surface area contributed by atoms with Gasteiger partial charge in [0.1, 0.15) is 6.61 Å². The molecule has 0 fully saturated rings. The third kappa shape index (κ3) is 6.06. The van der Waals surface area contributed by atoms with Crippen molar-refractivity contribution < 1.29 is 14.6 Å². The first-order chi connectivity index (χ1) is 8.72. The molecule has 0 radical (unpaired) electrons. The molecule has 0 aliphatic carbocycles. The summed E-state index contributed by atoms with van der Waals surface area (Å²) in [6.07, 6.45) is 1.74. The molecule has 0 aromatic heterocycles. The summed E-state index contributed by atoms with van der Waals surface area (Å²) >= 11 is 0. The number of aliphatic hydroxyl groups excluding tert-OH is 1. The molecule has 1 atom stereocenters. The fraction of sp³-hybridized carbons (Fsp3) is 0.357. The van der Waals surface area contributed by atoms with Crippen LogP contribution in [0.3, 0.4) is 0 Å². The van der Waals surface area contributed by atoms with Gasteiger partial charge in [-0.1, -0.05) is 36.4 Å². The highest BCUT2D eigenvalue weighted by Gasteiger charge is 2.04. The highest BCUT2D eigenvalue weighted by molar-refractivity contribution is 5.67. The van der Waals surface area contributed by atoms with Crippen molar-refractivity contribution in [3.8, 4) is 0 Å². The molecule has 0 aliphatic rings. The highest BCUT2D eigenvalue weighted by Crippen LogP contribution is 2.01. The van der Waals surface area contributed by atoms with E-state index in [1.807, 2.05) is 30.3 Å². The van der Waals surface area contributed by atoms with Gasteiger partial charge in [0.2, 0.25) is 0 Å². The Labute approximate surface area is 107 Å². The molecule has 0 bridgehead atoms. The third-order valence-electron chi connectivity index (χ3n) is 2.40. The number of alkyl carbamates (subject to hydrolysis) is 1. The molecule has 1 aromatic carbocycles. The van der Waals surface area contributed by atoms with Gasteiger partial charge in [-0.2, -0.15) is 0 Å². The monoisotopic (exact) mass is 249 g/mol. The molecule has 0 heterocycles. The Hall–Kier alpha value is -1.81. The second kappa shape index (κ2) is 8.31. The van der Waals surface area contributed by atoms with Crippen LogP contribution in [0.15, 0.2) is 43.0 Å². The summed E-state index contributed by atoms with van der Waals surface area (Å²) in [4.78, 5) is 11.3. The van der Waals surface area contributed by atoms with Crippen LogP contribution >= 0.6 is 0 Å². The van der Waals surface area contributed by atoms with Crippen LogP contribution in [0.5, 0.6) is 0 Å².